The van der Waals surface area contributed by atoms with Crippen LogP contribution in [0.15, 0.2) is 150 Å². The van der Waals surface area contributed by atoms with Crippen LogP contribution in [-0.4, -0.2) is 64.5 Å². The van der Waals surface area contributed by atoms with Gasteiger partial charge in [0.05, 0.1) is 17.5 Å². The smallest absolute Gasteiger partial charge is 0.551 e. The van der Waals surface area contributed by atoms with E-state index in [0.717, 1.165) is 46.2 Å². The van der Waals surface area contributed by atoms with Crippen LogP contribution in [0.25, 0.3) is 22.3 Å². The van der Waals surface area contributed by atoms with E-state index >= 15 is 0 Å². The Kier molecular flexibility index (Phi) is 20.3. The number of aliphatic imine (C=N–C) groups is 2. The van der Waals surface area contributed by atoms with Crippen molar-refractivity contribution < 1.29 is 52.9 Å². The second-order valence-corrected chi connectivity index (χ2v) is 16.1. The second kappa shape index (κ2) is 24.8. The van der Waals surface area contributed by atoms with Crippen molar-refractivity contribution in [1.29, 1.82) is 0 Å². The first-order chi connectivity index (χ1) is 29.2. The summed E-state index contributed by atoms with van der Waals surface area (Å²) in [6, 6.07) is 41.2. The third kappa shape index (κ3) is 16.5. The molecule has 5 aromatic rings. The van der Waals surface area contributed by atoms with Crippen molar-refractivity contribution in [2.24, 2.45) is 9.98 Å². The maximum atomic E-state index is 13.2. The number of rotatable bonds is 21. The van der Waals surface area contributed by atoms with E-state index in [-0.39, 0.29) is 50.0 Å². The molecular formula is C53H59LiN2O7-2. The summed E-state index contributed by atoms with van der Waals surface area (Å²) in [6.45, 7) is 14.4. The second-order valence-electron chi connectivity index (χ2n) is 16.1. The van der Waals surface area contributed by atoms with E-state index in [0.29, 0.717) is 43.0 Å². The minimum atomic E-state index is -1.13. The molecule has 0 heterocycles. The number of phenolic OH excluding ortho intramolecular Hbond substituents is 1. The zero-order valence-electron chi connectivity index (χ0n) is 37.8. The Morgan fingerprint density at radius 2 is 1.37 bits per heavy atom. The molecule has 0 saturated heterocycles. The molecule has 10 heteroatoms. The van der Waals surface area contributed by atoms with Gasteiger partial charge >= 0.3 is 24.8 Å². The van der Waals surface area contributed by atoms with Crippen LogP contribution in [0.4, 0.5) is 0 Å². The number of carbonyl (C=O) groups excluding carboxylic acids is 2. The number of ether oxygens (including phenoxy) is 3. The Morgan fingerprint density at radius 3 is 1.94 bits per heavy atom. The molecular weight excluding hydrogens is 784 g/mol. The molecule has 0 fully saturated rings. The van der Waals surface area contributed by atoms with Gasteiger partial charge in [-0.15, -0.1) is 23.8 Å². The summed E-state index contributed by atoms with van der Waals surface area (Å²) in [6.07, 6.45) is 4.88. The van der Waals surface area contributed by atoms with Gasteiger partial charge in [-0.3, -0.25) is 4.79 Å². The predicted octanol–water partition coefficient (Wildman–Crippen LogP) is 8.09. The van der Waals surface area contributed by atoms with Crippen LogP contribution in [0.5, 0.6) is 11.5 Å². The molecule has 0 radical (unpaired) electrons. The summed E-state index contributed by atoms with van der Waals surface area (Å²) in [5.41, 5.74) is 4.95. The van der Waals surface area contributed by atoms with Crippen molar-refractivity contribution in [2.75, 3.05) is 13.2 Å². The summed E-state index contributed by atoms with van der Waals surface area (Å²) in [7, 11) is 0. The van der Waals surface area contributed by atoms with Gasteiger partial charge in [-0.2, -0.15) is 0 Å². The fraction of sp³-hybridized carbons (Fsp3) is 0.283. The Hall–Kier alpha value is -5.69. The molecule has 5 aromatic carbocycles. The van der Waals surface area contributed by atoms with Crippen LogP contribution in [0, 0.1) is 14.0 Å². The van der Waals surface area contributed by atoms with E-state index in [1.807, 2.05) is 86.6 Å². The normalized spacial score (nSPS) is 12.1. The number of unbranched alkanes of at least 4 members (excludes halogenated alkanes) is 2. The van der Waals surface area contributed by atoms with E-state index in [4.69, 9.17) is 19.2 Å². The number of aromatic hydroxyl groups is 1. The molecule has 5 rings (SSSR count). The minimum absolute atomic E-state index is 0. The standard InChI is InChI=1S/C52H56N2O7.CH3.Li/c1-37(2)50(58)59-36-45(55)33-51(3,4)60-31-15-9-14-20-48(57)52(5,6)61-46-30-29-44(47(56)32-46)35-54-49(43-27-25-42(26-28-43)40-18-12-8-13-19-40)53-34-38-21-23-41(24-22-38)39-16-10-7-11-17-39;;/h7-8,10-13,16-19,21-30,32,34,45,55-56H,1,9,14-15,20,31,33,36H2,2-6H3;1H3;/q-2;-1;+1. The zero-order valence-corrected chi connectivity index (χ0v) is 37.8. The molecule has 0 aliphatic carbocycles. The Morgan fingerprint density at radius 1 is 0.794 bits per heavy atom. The number of ketones is 1. The molecule has 0 aliphatic rings. The van der Waals surface area contributed by atoms with Crippen molar-refractivity contribution in [3.63, 3.8) is 0 Å². The molecule has 63 heavy (non-hydrogen) atoms. The Balaban J connectivity index is 0.00000528. The van der Waals surface area contributed by atoms with Crippen LogP contribution >= 0.6 is 0 Å². The first-order valence-electron chi connectivity index (χ1n) is 20.6. The molecule has 0 aliphatic heterocycles. The van der Waals surface area contributed by atoms with Crippen molar-refractivity contribution in [3.8, 4) is 33.8 Å². The summed E-state index contributed by atoms with van der Waals surface area (Å²) in [4.78, 5) is 34.2. The van der Waals surface area contributed by atoms with E-state index in [1.54, 1.807) is 39.4 Å². The van der Waals surface area contributed by atoms with E-state index in [9.17, 15) is 19.8 Å². The van der Waals surface area contributed by atoms with E-state index in [1.165, 1.54) is 6.07 Å². The van der Waals surface area contributed by atoms with Gasteiger partial charge in [-0.1, -0.05) is 128 Å². The number of hydrogen-bond donors (Lipinski definition) is 2. The third-order valence-electron chi connectivity index (χ3n) is 9.92. The molecule has 1 unspecified atom stereocenters. The maximum Gasteiger partial charge on any atom is 1.00 e. The van der Waals surface area contributed by atoms with Crippen LogP contribution in [0.1, 0.15) is 83.4 Å². The zero-order chi connectivity index (χ0) is 43.8. The average Bonchev–Trinajstić information content (AvgIpc) is 3.25. The summed E-state index contributed by atoms with van der Waals surface area (Å²) >= 11 is 0. The van der Waals surface area contributed by atoms with Gasteiger partial charge in [0, 0.05) is 30.8 Å². The van der Waals surface area contributed by atoms with Crippen LogP contribution < -0.4 is 23.6 Å². The maximum absolute atomic E-state index is 13.2. The number of phenols is 1. The van der Waals surface area contributed by atoms with Gasteiger partial charge in [0.2, 0.25) is 0 Å². The summed E-state index contributed by atoms with van der Waals surface area (Å²) < 4.78 is 17.1. The van der Waals surface area contributed by atoms with Gasteiger partial charge in [-0.05, 0) is 87.6 Å². The number of hydrogen-bond acceptors (Lipinski definition) is 8. The monoisotopic (exact) mass is 842 g/mol. The SMILES string of the molecule is C=C(C)C(=O)OCC(O)CC(C)(C)OCCCCCC(=O)C(C)(C)Oc1ccc([C-]=NC(=N[CH-]c2ccc(-c3ccccc3)cc2)c2ccc(-c3ccccc3)cc2)c(O)c1.[CH3-].[Li+]. The van der Waals surface area contributed by atoms with Crippen LogP contribution in [0.3, 0.4) is 0 Å². The number of benzene rings is 5. The quantitative estimate of drug-likeness (QED) is 0.0146. The van der Waals surface area contributed by atoms with Crippen LogP contribution in [0.2, 0.25) is 0 Å². The molecule has 0 aromatic heterocycles. The molecule has 0 bridgehead atoms. The predicted molar refractivity (Wildman–Crippen MR) is 249 cm³/mol. The van der Waals surface area contributed by atoms with E-state index < -0.39 is 23.3 Å². The van der Waals surface area contributed by atoms with E-state index in [2.05, 4.69) is 54.2 Å². The molecule has 0 amide bonds. The number of amidine groups is 1. The number of nitrogens with zero attached hydrogens (tertiary/aromatic N) is 2. The fourth-order valence-electron chi connectivity index (χ4n) is 6.47. The number of aliphatic hydroxyl groups is 1. The Bertz CT molecular complexity index is 2270. The molecule has 326 valence electrons. The molecule has 1 atom stereocenters. The van der Waals surface area contributed by atoms with Crippen LogP contribution in [-0.2, 0) is 19.1 Å². The number of esters is 1. The van der Waals surface area contributed by atoms with Gasteiger partial charge in [0.25, 0.3) is 0 Å². The number of Topliss-reactive ketones (excluding diaryl/α,β-unsaturated/α-hetero) is 1. The van der Waals surface area contributed by atoms with Gasteiger partial charge in [0.15, 0.2) is 11.4 Å². The fourth-order valence-corrected chi connectivity index (χ4v) is 6.47. The largest absolute Gasteiger partial charge is 1.00 e. The molecule has 2 N–H and O–H groups in total. The average molecular weight is 843 g/mol. The van der Waals surface area contributed by atoms with Crippen molar-refractivity contribution in [2.45, 2.75) is 84.0 Å². The van der Waals surface area contributed by atoms with Gasteiger partial charge < -0.3 is 41.8 Å². The molecule has 0 saturated carbocycles. The van der Waals surface area contributed by atoms with Crippen molar-refractivity contribution in [3.05, 3.63) is 170 Å². The van der Waals surface area contributed by atoms with Gasteiger partial charge in [-0.25, -0.2) is 4.79 Å². The first-order valence-corrected chi connectivity index (χ1v) is 20.6. The number of carbonyl (C=O) groups is 2. The molecule has 9 nitrogen and oxygen atoms in total. The van der Waals surface area contributed by atoms with Gasteiger partial charge in [0.1, 0.15) is 12.4 Å². The summed E-state index contributed by atoms with van der Waals surface area (Å²) in [5, 5.41) is 21.3. The number of aliphatic hydroxyl groups excluding tert-OH is 1. The van der Waals surface area contributed by atoms with Crippen molar-refractivity contribution >= 4 is 23.8 Å². The van der Waals surface area contributed by atoms with Crippen molar-refractivity contribution in [1.82, 2.24) is 0 Å². The minimum Gasteiger partial charge on any atom is -0.551 e. The third-order valence-corrected chi connectivity index (χ3v) is 9.92. The summed E-state index contributed by atoms with van der Waals surface area (Å²) in [5.74, 6) is 0.0406. The topological polar surface area (TPSA) is 127 Å². The Labute approximate surface area is 386 Å². The molecule has 0 spiro atoms. The first kappa shape index (κ1) is 51.7.